The molecule has 1 aliphatic rings. The first-order valence-corrected chi connectivity index (χ1v) is 12.2. The minimum absolute atomic E-state index is 0.166. The van der Waals surface area contributed by atoms with E-state index in [0.717, 1.165) is 28.6 Å². The van der Waals surface area contributed by atoms with Crippen LogP contribution in [0.4, 0.5) is 5.69 Å². The van der Waals surface area contributed by atoms with Crippen LogP contribution in [0.1, 0.15) is 29.2 Å². The molecule has 6 nitrogen and oxygen atoms in total. The maximum Gasteiger partial charge on any atom is 0.247 e. The zero-order valence-electron chi connectivity index (χ0n) is 19.8. The average Bonchev–Trinajstić information content (AvgIpc) is 3.31. The van der Waals surface area contributed by atoms with Crippen molar-refractivity contribution in [2.24, 2.45) is 0 Å². The third-order valence-corrected chi connectivity index (χ3v) is 6.76. The minimum atomic E-state index is -0.716. The molecule has 5 rings (SSSR count). The van der Waals surface area contributed by atoms with Crippen LogP contribution in [0, 0.1) is 0 Å². The second-order valence-electron chi connectivity index (χ2n) is 9.07. The van der Waals surface area contributed by atoms with E-state index in [4.69, 9.17) is 0 Å². The SMILES string of the molecule is CCc1ccc(NC(=O)[C@@H](Cc2c[nH]c3ccccc23)NC(=O)[C@@H]2Cc3ccccc3CN2)cc1. The lowest BCUT2D eigenvalue weighted by Gasteiger charge is -2.27. The van der Waals surface area contributed by atoms with Gasteiger partial charge < -0.3 is 20.9 Å². The summed E-state index contributed by atoms with van der Waals surface area (Å²) in [6.07, 6.45) is 3.84. The number of hydrogen-bond donors (Lipinski definition) is 4. The van der Waals surface area contributed by atoms with Gasteiger partial charge in [0.25, 0.3) is 0 Å². The maximum absolute atomic E-state index is 13.4. The van der Waals surface area contributed by atoms with Crippen LogP contribution in [-0.2, 0) is 35.4 Å². The Kier molecular flexibility index (Phi) is 6.64. The van der Waals surface area contributed by atoms with Crippen LogP contribution >= 0.6 is 0 Å². The predicted octanol–water partition coefficient (Wildman–Crippen LogP) is 4.11. The van der Waals surface area contributed by atoms with Gasteiger partial charge in [-0.3, -0.25) is 9.59 Å². The third-order valence-electron chi connectivity index (χ3n) is 6.76. The normalized spacial score (nSPS) is 15.9. The Hall–Kier alpha value is -3.90. The number of fused-ring (bicyclic) bond motifs is 2. The molecule has 4 N–H and O–H groups in total. The minimum Gasteiger partial charge on any atom is -0.361 e. The van der Waals surface area contributed by atoms with Gasteiger partial charge in [-0.1, -0.05) is 61.5 Å². The molecule has 3 aromatic carbocycles. The predicted molar refractivity (Wildman–Crippen MR) is 139 cm³/mol. The molecule has 0 spiro atoms. The molecule has 0 unspecified atom stereocenters. The van der Waals surface area contributed by atoms with Crippen molar-refractivity contribution in [3.05, 3.63) is 101 Å². The Bertz CT molecular complexity index is 1340. The molecule has 6 heteroatoms. The van der Waals surface area contributed by atoms with E-state index in [-0.39, 0.29) is 17.9 Å². The van der Waals surface area contributed by atoms with E-state index >= 15 is 0 Å². The first-order chi connectivity index (χ1) is 17.1. The fourth-order valence-corrected chi connectivity index (χ4v) is 4.69. The molecule has 1 aliphatic heterocycles. The van der Waals surface area contributed by atoms with Crippen LogP contribution in [0.5, 0.6) is 0 Å². The molecule has 0 saturated carbocycles. The quantitative estimate of drug-likeness (QED) is 0.331. The van der Waals surface area contributed by atoms with Crippen LogP contribution in [0.3, 0.4) is 0 Å². The van der Waals surface area contributed by atoms with Crippen LogP contribution in [0.2, 0.25) is 0 Å². The zero-order valence-corrected chi connectivity index (χ0v) is 19.8. The Morgan fingerprint density at radius 2 is 1.71 bits per heavy atom. The molecular weight excluding hydrogens is 436 g/mol. The summed E-state index contributed by atoms with van der Waals surface area (Å²) in [4.78, 5) is 29.9. The van der Waals surface area contributed by atoms with Crippen molar-refractivity contribution in [1.82, 2.24) is 15.6 Å². The number of rotatable bonds is 7. The molecule has 1 aromatic heterocycles. The smallest absolute Gasteiger partial charge is 0.247 e. The van der Waals surface area contributed by atoms with Crippen LogP contribution < -0.4 is 16.0 Å². The number of aryl methyl sites for hydroxylation is 1. The highest BCUT2D eigenvalue weighted by Crippen LogP contribution is 2.21. The summed E-state index contributed by atoms with van der Waals surface area (Å²) in [5.41, 5.74) is 6.30. The van der Waals surface area contributed by atoms with Gasteiger partial charge in [0.2, 0.25) is 11.8 Å². The lowest BCUT2D eigenvalue weighted by molar-refractivity contribution is -0.128. The Morgan fingerprint density at radius 3 is 2.51 bits per heavy atom. The third kappa shape index (κ3) is 5.12. The largest absolute Gasteiger partial charge is 0.361 e. The van der Waals surface area contributed by atoms with Crippen molar-refractivity contribution >= 4 is 28.4 Å². The molecule has 2 heterocycles. The summed E-state index contributed by atoms with van der Waals surface area (Å²) in [5.74, 6) is -0.398. The summed E-state index contributed by atoms with van der Waals surface area (Å²) in [7, 11) is 0. The van der Waals surface area contributed by atoms with Crippen molar-refractivity contribution in [1.29, 1.82) is 0 Å². The van der Waals surface area contributed by atoms with Gasteiger partial charge in [-0.15, -0.1) is 0 Å². The Balaban J connectivity index is 1.35. The van der Waals surface area contributed by atoms with Crippen molar-refractivity contribution < 1.29 is 9.59 Å². The van der Waals surface area contributed by atoms with Crippen molar-refractivity contribution in [2.45, 2.75) is 44.8 Å². The Labute approximate surface area is 205 Å². The highest BCUT2D eigenvalue weighted by atomic mass is 16.2. The number of nitrogens with one attached hydrogen (secondary N) is 4. The van der Waals surface area contributed by atoms with Gasteiger partial charge in [-0.25, -0.2) is 0 Å². The number of aromatic nitrogens is 1. The topological polar surface area (TPSA) is 86.0 Å². The average molecular weight is 467 g/mol. The highest BCUT2D eigenvalue weighted by molar-refractivity contribution is 5.98. The van der Waals surface area contributed by atoms with Gasteiger partial charge in [-0.2, -0.15) is 0 Å². The summed E-state index contributed by atoms with van der Waals surface area (Å²) >= 11 is 0. The van der Waals surface area contributed by atoms with Crippen LogP contribution in [0.25, 0.3) is 10.9 Å². The molecule has 2 atom stereocenters. The number of hydrogen-bond acceptors (Lipinski definition) is 3. The second-order valence-corrected chi connectivity index (χ2v) is 9.07. The molecule has 0 aliphatic carbocycles. The standard InChI is InChI=1S/C29H30N4O2/c1-2-19-11-13-23(14-12-19)32-29(35)27(16-22-18-30-25-10-6-5-9-24(22)25)33-28(34)26-15-20-7-3-4-8-21(20)17-31-26/h3-14,18,26-27,30-31H,2,15-17H2,1H3,(H,32,35)(H,33,34)/t26-,27+/m0/s1. The van der Waals surface area contributed by atoms with E-state index in [0.29, 0.717) is 19.4 Å². The van der Waals surface area contributed by atoms with Crippen molar-refractivity contribution in [3.8, 4) is 0 Å². The fourth-order valence-electron chi connectivity index (χ4n) is 4.69. The van der Waals surface area contributed by atoms with Gasteiger partial charge in [0.15, 0.2) is 0 Å². The molecule has 35 heavy (non-hydrogen) atoms. The summed E-state index contributed by atoms with van der Waals surface area (Å²) in [5, 5.41) is 10.4. The highest BCUT2D eigenvalue weighted by Gasteiger charge is 2.29. The Morgan fingerprint density at radius 1 is 0.971 bits per heavy atom. The number of para-hydroxylation sites is 1. The van der Waals surface area contributed by atoms with Crippen molar-refractivity contribution in [3.63, 3.8) is 0 Å². The number of carbonyl (C=O) groups excluding carboxylic acids is 2. The summed E-state index contributed by atoms with van der Waals surface area (Å²) in [6, 6.07) is 22.9. The molecule has 0 saturated heterocycles. The maximum atomic E-state index is 13.4. The van der Waals surface area contributed by atoms with E-state index < -0.39 is 6.04 Å². The van der Waals surface area contributed by atoms with Crippen LogP contribution in [-0.4, -0.2) is 28.9 Å². The van der Waals surface area contributed by atoms with Gasteiger partial charge >= 0.3 is 0 Å². The van der Waals surface area contributed by atoms with Gasteiger partial charge in [-0.05, 0) is 53.3 Å². The van der Waals surface area contributed by atoms with E-state index in [9.17, 15) is 9.59 Å². The summed E-state index contributed by atoms with van der Waals surface area (Å²) in [6.45, 7) is 2.73. The number of H-pyrrole nitrogens is 1. The zero-order chi connectivity index (χ0) is 24.2. The van der Waals surface area contributed by atoms with E-state index in [1.54, 1.807) is 0 Å². The van der Waals surface area contributed by atoms with E-state index in [2.05, 4.69) is 40.0 Å². The molecule has 0 bridgehead atoms. The van der Waals surface area contributed by atoms with E-state index in [1.807, 2.05) is 66.9 Å². The van der Waals surface area contributed by atoms with Crippen molar-refractivity contribution in [2.75, 3.05) is 5.32 Å². The molecule has 4 aromatic rings. The van der Waals surface area contributed by atoms with Gasteiger partial charge in [0.1, 0.15) is 6.04 Å². The van der Waals surface area contributed by atoms with Gasteiger partial charge in [0, 0.05) is 35.8 Å². The number of carbonyl (C=O) groups is 2. The number of aromatic amines is 1. The van der Waals surface area contributed by atoms with E-state index in [1.165, 1.54) is 16.7 Å². The first-order valence-electron chi connectivity index (χ1n) is 12.2. The molecule has 0 radical (unpaired) electrons. The first kappa shape index (κ1) is 22.9. The molecule has 178 valence electrons. The van der Waals surface area contributed by atoms with Crippen LogP contribution in [0.15, 0.2) is 79.0 Å². The monoisotopic (exact) mass is 466 g/mol. The summed E-state index contributed by atoms with van der Waals surface area (Å²) < 4.78 is 0. The number of benzene rings is 3. The van der Waals surface area contributed by atoms with Gasteiger partial charge in [0.05, 0.1) is 6.04 Å². The molecule has 2 amide bonds. The molecular formula is C29H30N4O2. The second kappa shape index (κ2) is 10.2. The number of amides is 2. The molecule has 0 fully saturated rings. The fraction of sp³-hybridized carbons (Fsp3) is 0.241. The number of anilines is 1. The lowest BCUT2D eigenvalue weighted by atomic mass is 9.95. The lowest BCUT2D eigenvalue weighted by Crippen LogP contribution is -2.53.